The molecule has 0 aliphatic carbocycles. The van der Waals surface area contributed by atoms with Crippen molar-refractivity contribution in [3.8, 4) is 0 Å². The Morgan fingerprint density at radius 3 is 2.48 bits per heavy atom. The van der Waals surface area contributed by atoms with Crippen molar-refractivity contribution >= 4 is 11.0 Å². The first kappa shape index (κ1) is 16.2. The zero-order valence-corrected chi connectivity index (χ0v) is 14.0. The van der Waals surface area contributed by atoms with Gasteiger partial charge in [0.15, 0.2) is 0 Å². The van der Waals surface area contributed by atoms with E-state index in [4.69, 9.17) is 0 Å². The molecule has 1 aliphatic rings. The highest BCUT2D eigenvalue weighted by atomic mass is 19.1. The predicted molar refractivity (Wildman–Crippen MR) is 94.1 cm³/mol. The first-order chi connectivity index (χ1) is 12.2. The van der Waals surface area contributed by atoms with Crippen LogP contribution < -0.4 is 0 Å². The number of benzene rings is 2. The zero-order chi connectivity index (χ0) is 17.2. The first-order valence-electron chi connectivity index (χ1n) is 8.74. The van der Waals surface area contributed by atoms with Crippen molar-refractivity contribution in [2.75, 3.05) is 13.1 Å². The number of rotatable bonds is 4. The third kappa shape index (κ3) is 3.71. The molecule has 0 radical (unpaired) electrons. The van der Waals surface area contributed by atoms with E-state index in [1.807, 2.05) is 24.5 Å². The average Bonchev–Trinajstić information content (AvgIpc) is 2.99. The summed E-state index contributed by atoms with van der Waals surface area (Å²) in [5.74, 6) is -0.396. The number of hydrogen-bond acceptors (Lipinski definition) is 2. The molecule has 1 fully saturated rings. The fourth-order valence-corrected chi connectivity index (χ4v) is 3.72. The van der Waals surface area contributed by atoms with Gasteiger partial charge in [0.05, 0.1) is 17.4 Å². The lowest BCUT2D eigenvalue weighted by Crippen LogP contribution is -2.34. The molecule has 0 amide bonds. The first-order valence-corrected chi connectivity index (χ1v) is 8.74. The Kier molecular flexibility index (Phi) is 4.49. The molecule has 1 saturated heterocycles. The van der Waals surface area contributed by atoms with Gasteiger partial charge in [-0.1, -0.05) is 12.1 Å². The van der Waals surface area contributed by atoms with Gasteiger partial charge in [-0.05, 0) is 61.7 Å². The van der Waals surface area contributed by atoms with E-state index in [2.05, 4.69) is 20.5 Å². The van der Waals surface area contributed by atoms with E-state index in [1.165, 1.54) is 17.6 Å². The molecular formula is C20H21F2N3. The van der Waals surface area contributed by atoms with Crippen LogP contribution in [0.1, 0.15) is 18.4 Å². The van der Waals surface area contributed by atoms with Crippen molar-refractivity contribution in [3.63, 3.8) is 0 Å². The Labute approximate surface area is 145 Å². The van der Waals surface area contributed by atoms with Crippen molar-refractivity contribution in [3.05, 3.63) is 66.0 Å². The monoisotopic (exact) mass is 341 g/mol. The van der Waals surface area contributed by atoms with Crippen LogP contribution in [0, 0.1) is 17.6 Å². The van der Waals surface area contributed by atoms with E-state index in [9.17, 15) is 8.78 Å². The number of aromatic nitrogens is 2. The molecule has 3 aromatic rings. The Morgan fingerprint density at radius 1 is 1.00 bits per heavy atom. The second-order valence-electron chi connectivity index (χ2n) is 6.88. The maximum atomic E-state index is 13.3. The van der Waals surface area contributed by atoms with Crippen LogP contribution in [0.2, 0.25) is 0 Å². The smallest absolute Gasteiger partial charge is 0.126 e. The molecule has 130 valence electrons. The van der Waals surface area contributed by atoms with Gasteiger partial charge in [-0.25, -0.2) is 13.8 Å². The zero-order valence-electron chi connectivity index (χ0n) is 14.0. The third-order valence-corrected chi connectivity index (χ3v) is 5.02. The highest BCUT2D eigenvalue weighted by molar-refractivity contribution is 5.74. The van der Waals surface area contributed by atoms with Crippen LogP contribution in [0.5, 0.6) is 0 Å². The summed E-state index contributed by atoms with van der Waals surface area (Å²) in [6.45, 7) is 3.49. The van der Waals surface area contributed by atoms with E-state index >= 15 is 0 Å². The van der Waals surface area contributed by atoms with Gasteiger partial charge in [0.25, 0.3) is 0 Å². The second kappa shape index (κ2) is 6.92. The van der Waals surface area contributed by atoms with E-state index in [0.29, 0.717) is 18.0 Å². The van der Waals surface area contributed by atoms with E-state index in [0.717, 1.165) is 44.1 Å². The summed E-state index contributed by atoms with van der Waals surface area (Å²) < 4.78 is 28.9. The number of para-hydroxylation sites is 2. The SMILES string of the molecule is Fc1cc(F)cc(CN2CCC(Cn3cnc4ccccc43)CC2)c1. The Morgan fingerprint density at radius 2 is 1.72 bits per heavy atom. The summed E-state index contributed by atoms with van der Waals surface area (Å²) in [5, 5.41) is 0. The minimum atomic E-state index is -0.503. The van der Waals surface area contributed by atoms with Gasteiger partial charge in [0.2, 0.25) is 0 Å². The second-order valence-corrected chi connectivity index (χ2v) is 6.88. The quantitative estimate of drug-likeness (QED) is 0.708. The Balaban J connectivity index is 1.35. The van der Waals surface area contributed by atoms with Gasteiger partial charge in [-0.2, -0.15) is 0 Å². The molecule has 0 bridgehead atoms. The molecule has 5 heteroatoms. The lowest BCUT2D eigenvalue weighted by Gasteiger charge is -2.32. The topological polar surface area (TPSA) is 21.1 Å². The molecule has 2 heterocycles. The molecule has 3 nitrogen and oxygen atoms in total. The summed E-state index contributed by atoms with van der Waals surface area (Å²) in [7, 11) is 0. The van der Waals surface area contributed by atoms with Crippen LogP contribution in [0.25, 0.3) is 11.0 Å². The van der Waals surface area contributed by atoms with Gasteiger partial charge < -0.3 is 4.57 Å². The predicted octanol–water partition coefficient (Wildman–Crippen LogP) is 4.23. The van der Waals surface area contributed by atoms with Crippen molar-refractivity contribution in [2.45, 2.75) is 25.9 Å². The van der Waals surface area contributed by atoms with Crippen LogP contribution in [0.4, 0.5) is 8.78 Å². The third-order valence-electron chi connectivity index (χ3n) is 5.02. The van der Waals surface area contributed by atoms with Gasteiger partial charge >= 0.3 is 0 Å². The molecule has 0 N–H and O–H groups in total. The molecule has 1 aromatic heterocycles. The number of imidazole rings is 1. The standard InChI is InChI=1S/C20H21F2N3/c21-17-9-16(10-18(22)11-17)12-24-7-5-15(6-8-24)13-25-14-23-19-3-1-2-4-20(19)25/h1-4,9-11,14-15H,5-8,12-13H2. The summed E-state index contributed by atoms with van der Waals surface area (Å²) in [4.78, 5) is 6.73. The van der Waals surface area contributed by atoms with Crippen molar-refractivity contribution < 1.29 is 8.78 Å². The molecule has 25 heavy (non-hydrogen) atoms. The number of fused-ring (bicyclic) bond motifs is 1. The maximum Gasteiger partial charge on any atom is 0.126 e. The summed E-state index contributed by atoms with van der Waals surface area (Å²) in [5.41, 5.74) is 2.92. The number of halogens is 2. The fraction of sp³-hybridized carbons (Fsp3) is 0.350. The number of nitrogens with zero attached hydrogens (tertiary/aromatic N) is 3. The average molecular weight is 341 g/mol. The van der Waals surface area contributed by atoms with Crippen molar-refractivity contribution in [1.82, 2.24) is 14.5 Å². The molecule has 1 aliphatic heterocycles. The van der Waals surface area contributed by atoms with Crippen LogP contribution in [0.3, 0.4) is 0 Å². The molecule has 4 rings (SSSR count). The number of hydrogen-bond donors (Lipinski definition) is 0. The summed E-state index contributed by atoms with van der Waals surface area (Å²) in [6, 6.07) is 12.0. The van der Waals surface area contributed by atoms with Gasteiger partial charge in [0.1, 0.15) is 11.6 Å². The lowest BCUT2D eigenvalue weighted by molar-refractivity contribution is 0.167. The molecule has 0 spiro atoms. The van der Waals surface area contributed by atoms with Crippen LogP contribution in [-0.4, -0.2) is 27.5 Å². The van der Waals surface area contributed by atoms with Crippen molar-refractivity contribution in [1.29, 1.82) is 0 Å². The summed E-state index contributed by atoms with van der Waals surface area (Å²) in [6.07, 6.45) is 4.10. The Hall–Kier alpha value is -2.27. The maximum absolute atomic E-state index is 13.3. The molecule has 0 atom stereocenters. The molecule has 0 unspecified atom stereocenters. The highest BCUT2D eigenvalue weighted by Gasteiger charge is 2.20. The highest BCUT2D eigenvalue weighted by Crippen LogP contribution is 2.23. The molecule has 0 saturated carbocycles. The largest absolute Gasteiger partial charge is 0.330 e. The van der Waals surface area contributed by atoms with Gasteiger partial charge in [-0.3, -0.25) is 4.90 Å². The van der Waals surface area contributed by atoms with E-state index in [-0.39, 0.29) is 0 Å². The van der Waals surface area contributed by atoms with E-state index in [1.54, 1.807) is 0 Å². The fourth-order valence-electron chi connectivity index (χ4n) is 3.72. The summed E-state index contributed by atoms with van der Waals surface area (Å²) >= 11 is 0. The van der Waals surface area contributed by atoms with Crippen LogP contribution in [0.15, 0.2) is 48.8 Å². The molecular weight excluding hydrogens is 320 g/mol. The van der Waals surface area contributed by atoms with Crippen LogP contribution >= 0.6 is 0 Å². The Bertz CT molecular complexity index is 846. The number of likely N-dealkylation sites (tertiary alicyclic amines) is 1. The molecule has 2 aromatic carbocycles. The minimum absolute atomic E-state index is 0.503. The van der Waals surface area contributed by atoms with Gasteiger partial charge in [0, 0.05) is 19.2 Å². The van der Waals surface area contributed by atoms with Crippen LogP contribution in [-0.2, 0) is 13.1 Å². The normalized spacial score (nSPS) is 16.6. The van der Waals surface area contributed by atoms with Gasteiger partial charge in [-0.15, -0.1) is 0 Å². The minimum Gasteiger partial charge on any atom is -0.330 e. The van der Waals surface area contributed by atoms with Crippen molar-refractivity contribution in [2.24, 2.45) is 5.92 Å². The van der Waals surface area contributed by atoms with E-state index < -0.39 is 11.6 Å². The lowest BCUT2D eigenvalue weighted by atomic mass is 9.96. The number of piperidine rings is 1.